The monoisotopic (exact) mass is 220 g/mol. The van der Waals surface area contributed by atoms with Crippen LogP contribution in [0.15, 0.2) is 34.7 Å². The Labute approximate surface area is 90.7 Å². The lowest BCUT2D eigenvalue weighted by atomic mass is 10.1. The van der Waals surface area contributed by atoms with Crippen LogP contribution in [0.1, 0.15) is 10.6 Å². The molecule has 0 bridgehead atoms. The minimum Gasteiger partial charge on any atom is -0.451 e. The molecular weight excluding hydrogens is 211 g/mol. The van der Waals surface area contributed by atoms with Crippen molar-refractivity contribution in [3.8, 4) is 11.3 Å². The van der Waals surface area contributed by atoms with Gasteiger partial charge in [0.1, 0.15) is 11.6 Å². The lowest BCUT2D eigenvalue weighted by Gasteiger charge is -1.99. The summed E-state index contributed by atoms with van der Waals surface area (Å²) in [5, 5.41) is 0. The van der Waals surface area contributed by atoms with E-state index in [0.717, 1.165) is 0 Å². The second-order valence-corrected chi connectivity index (χ2v) is 3.26. The van der Waals surface area contributed by atoms with Crippen LogP contribution < -0.4 is 11.5 Å². The molecular formula is C11H9FN2O2. The third-order valence-electron chi connectivity index (χ3n) is 2.13. The molecule has 1 heterocycles. The van der Waals surface area contributed by atoms with E-state index in [-0.39, 0.29) is 11.4 Å². The molecule has 0 unspecified atom stereocenters. The van der Waals surface area contributed by atoms with Crippen LogP contribution in [-0.4, -0.2) is 5.91 Å². The van der Waals surface area contributed by atoms with Crippen LogP contribution in [0.4, 0.5) is 10.1 Å². The molecule has 0 aliphatic carbocycles. The molecule has 0 aliphatic heterocycles. The molecule has 0 saturated carbocycles. The summed E-state index contributed by atoms with van der Waals surface area (Å²) >= 11 is 0. The van der Waals surface area contributed by atoms with E-state index >= 15 is 0 Å². The van der Waals surface area contributed by atoms with Gasteiger partial charge in [-0.05, 0) is 30.3 Å². The van der Waals surface area contributed by atoms with Crippen molar-refractivity contribution in [3.05, 3.63) is 41.9 Å². The Kier molecular flexibility index (Phi) is 2.36. The number of amides is 1. The summed E-state index contributed by atoms with van der Waals surface area (Å²) in [6.45, 7) is 0. The Morgan fingerprint density at radius 2 is 2.00 bits per heavy atom. The van der Waals surface area contributed by atoms with Crippen LogP contribution in [0.2, 0.25) is 0 Å². The van der Waals surface area contributed by atoms with E-state index in [1.807, 2.05) is 0 Å². The van der Waals surface area contributed by atoms with Crippen molar-refractivity contribution in [2.45, 2.75) is 0 Å². The Morgan fingerprint density at radius 1 is 1.25 bits per heavy atom. The number of carbonyl (C=O) groups excluding carboxylic acids is 1. The summed E-state index contributed by atoms with van der Waals surface area (Å²) in [5.41, 5.74) is 11.1. The van der Waals surface area contributed by atoms with Crippen LogP contribution in [0, 0.1) is 5.82 Å². The van der Waals surface area contributed by atoms with E-state index in [1.54, 1.807) is 6.07 Å². The molecule has 5 heteroatoms. The number of anilines is 1. The molecule has 0 radical (unpaired) electrons. The largest absolute Gasteiger partial charge is 0.451 e. The van der Waals surface area contributed by atoms with Crippen molar-refractivity contribution in [3.63, 3.8) is 0 Å². The van der Waals surface area contributed by atoms with Crippen molar-refractivity contribution in [1.29, 1.82) is 0 Å². The highest BCUT2D eigenvalue weighted by molar-refractivity contribution is 5.90. The summed E-state index contributed by atoms with van der Waals surface area (Å²) in [6.07, 6.45) is 0. The number of benzene rings is 1. The van der Waals surface area contributed by atoms with Gasteiger partial charge < -0.3 is 15.9 Å². The zero-order chi connectivity index (χ0) is 11.7. The number of hydrogen-bond acceptors (Lipinski definition) is 3. The maximum absolute atomic E-state index is 12.9. The highest BCUT2D eigenvalue weighted by atomic mass is 19.1. The van der Waals surface area contributed by atoms with Crippen molar-refractivity contribution < 1.29 is 13.6 Å². The van der Waals surface area contributed by atoms with E-state index in [4.69, 9.17) is 15.9 Å². The van der Waals surface area contributed by atoms with E-state index < -0.39 is 11.7 Å². The molecule has 0 spiro atoms. The van der Waals surface area contributed by atoms with Gasteiger partial charge in [-0.3, -0.25) is 4.79 Å². The van der Waals surface area contributed by atoms with Gasteiger partial charge in [0.25, 0.3) is 5.91 Å². The van der Waals surface area contributed by atoms with Crippen molar-refractivity contribution in [2.24, 2.45) is 5.73 Å². The lowest BCUT2D eigenvalue weighted by molar-refractivity contribution is 0.0974. The highest BCUT2D eigenvalue weighted by Crippen LogP contribution is 2.25. The topological polar surface area (TPSA) is 82.2 Å². The first-order valence-corrected chi connectivity index (χ1v) is 4.53. The number of nitrogen functional groups attached to an aromatic ring is 1. The van der Waals surface area contributed by atoms with Crippen LogP contribution in [0.25, 0.3) is 11.3 Å². The average molecular weight is 220 g/mol. The first-order chi connectivity index (χ1) is 7.58. The zero-order valence-electron chi connectivity index (χ0n) is 8.24. The molecule has 1 aromatic carbocycles. The smallest absolute Gasteiger partial charge is 0.284 e. The zero-order valence-corrected chi connectivity index (χ0v) is 8.24. The summed E-state index contributed by atoms with van der Waals surface area (Å²) in [4.78, 5) is 10.8. The molecule has 0 aliphatic rings. The number of nitrogens with two attached hydrogens (primary N) is 2. The third-order valence-corrected chi connectivity index (χ3v) is 2.13. The fourth-order valence-corrected chi connectivity index (χ4v) is 1.32. The summed E-state index contributed by atoms with van der Waals surface area (Å²) in [6, 6.07) is 7.20. The molecule has 16 heavy (non-hydrogen) atoms. The van der Waals surface area contributed by atoms with E-state index in [2.05, 4.69) is 0 Å². The van der Waals surface area contributed by atoms with Gasteiger partial charge in [0.15, 0.2) is 5.76 Å². The van der Waals surface area contributed by atoms with E-state index in [0.29, 0.717) is 11.3 Å². The Morgan fingerprint density at radius 3 is 2.56 bits per heavy atom. The highest BCUT2D eigenvalue weighted by Gasteiger charge is 2.09. The molecule has 1 aromatic heterocycles. The SMILES string of the molecule is NC(=O)c1ccc(-c2ccc(F)c(N)c2)o1. The van der Waals surface area contributed by atoms with Gasteiger partial charge in [0.2, 0.25) is 0 Å². The fraction of sp³-hybridized carbons (Fsp3) is 0. The van der Waals surface area contributed by atoms with Gasteiger partial charge in [-0.2, -0.15) is 0 Å². The number of rotatable bonds is 2. The first kappa shape index (κ1) is 10.2. The van der Waals surface area contributed by atoms with Crippen LogP contribution in [-0.2, 0) is 0 Å². The summed E-state index contributed by atoms with van der Waals surface area (Å²) in [7, 11) is 0. The molecule has 2 aromatic rings. The Balaban J connectivity index is 2.42. The number of halogens is 1. The van der Waals surface area contributed by atoms with Gasteiger partial charge in [-0.1, -0.05) is 0 Å². The standard InChI is InChI=1S/C11H9FN2O2/c12-7-2-1-6(5-8(7)13)9-3-4-10(16-9)11(14)15/h1-5H,13H2,(H2,14,15). The quantitative estimate of drug-likeness (QED) is 0.756. The van der Waals surface area contributed by atoms with Gasteiger partial charge in [-0.15, -0.1) is 0 Å². The van der Waals surface area contributed by atoms with Crippen molar-refractivity contribution in [1.82, 2.24) is 0 Å². The molecule has 82 valence electrons. The molecule has 4 nitrogen and oxygen atoms in total. The van der Waals surface area contributed by atoms with Crippen LogP contribution >= 0.6 is 0 Å². The maximum Gasteiger partial charge on any atom is 0.284 e. The van der Waals surface area contributed by atoms with E-state index in [9.17, 15) is 9.18 Å². The molecule has 2 rings (SSSR count). The van der Waals surface area contributed by atoms with Crippen LogP contribution in [0.5, 0.6) is 0 Å². The molecule has 4 N–H and O–H groups in total. The van der Waals surface area contributed by atoms with Gasteiger partial charge in [-0.25, -0.2) is 4.39 Å². The molecule has 1 amide bonds. The van der Waals surface area contributed by atoms with Crippen molar-refractivity contribution >= 4 is 11.6 Å². The average Bonchev–Trinajstić information content (AvgIpc) is 2.71. The molecule has 0 saturated heterocycles. The predicted octanol–water partition coefficient (Wildman–Crippen LogP) is 1.77. The van der Waals surface area contributed by atoms with Gasteiger partial charge in [0, 0.05) is 5.56 Å². The van der Waals surface area contributed by atoms with Gasteiger partial charge >= 0.3 is 0 Å². The van der Waals surface area contributed by atoms with E-state index in [1.165, 1.54) is 24.3 Å². The number of primary amides is 1. The van der Waals surface area contributed by atoms with Gasteiger partial charge in [0.05, 0.1) is 5.69 Å². The first-order valence-electron chi connectivity index (χ1n) is 4.53. The van der Waals surface area contributed by atoms with Crippen LogP contribution in [0.3, 0.4) is 0 Å². The number of furan rings is 1. The maximum atomic E-state index is 12.9. The Bertz CT molecular complexity index is 549. The summed E-state index contributed by atoms with van der Waals surface area (Å²) in [5.74, 6) is -0.676. The lowest BCUT2D eigenvalue weighted by Crippen LogP contribution is -2.09. The summed E-state index contributed by atoms with van der Waals surface area (Å²) < 4.78 is 18.1. The minimum atomic E-state index is -0.652. The van der Waals surface area contributed by atoms with Crippen molar-refractivity contribution in [2.75, 3.05) is 5.73 Å². The number of carbonyl (C=O) groups is 1. The third kappa shape index (κ3) is 1.75. The molecule has 0 atom stereocenters. The second kappa shape index (κ2) is 3.69. The fourth-order valence-electron chi connectivity index (χ4n) is 1.32. The number of hydrogen-bond donors (Lipinski definition) is 2. The second-order valence-electron chi connectivity index (χ2n) is 3.26. The Hall–Kier alpha value is -2.30. The predicted molar refractivity (Wildman–Crippen MR) is 57.0 cm³/mol. The molecule has 0 fully saturated rings. The normalized spacial score (nSPS) is 10.3. The minimum absolute atomic E-state index is 0.0227.